The van der Waals surface area contributed by atoms with Crippen molar-refractivity contribution in [1.82, 2.24) is 19.9 Å². The molecule has 7 heteroatoms. The maximum absolute atomic E-state index is 11.6. The zero-order chi connectivity index (χ0) is 14.9. The standard InChI is InChI=1S/C14H19N5O2/c1-2-3-14(13(20)21)4-6-19(7-5-14)12-10-11(16-8-15-10)17-9-18-12/h8-9H,2-7H2,1H3,(H,20,21)(H,15,16,17,18). The Bertz CT molecular complexity index is 646. The van der Waals surface area contributed by atoms with Crippen LogP contribution in [0.4, 0.5) is 5.82 Å². The Morgan fingerprint density at radius 3 is 2.81 bits per heavy atom. The van der Waals surface area contributed by atoms with E-state index in [0.29, 0.717) is 31.6 Å². The molecule has 1 aliphatic heterocycles. The van der Waals surface area contributed by atoms with E-state index in [1.807, 2.05) is 6.92 Å². The number of H-pyrrole nitrogens is 1. The number of carbonyl (C=O) groups is 1. The first-order valence-corrected chi connectivity index (χ1v) is 7.29. The summed E-state index contributed by atoms with van der Waals surface area (Å²) in [6.45, 7) is 3.42. The second-order valence-corrected chi connectivity index (χ2v) is 5.62. The van der Waals surface area contributed by atoms with Crippen LogP contribution in [-0.2, 0) is 4.79 Å². The van der Waals surface area contributed by atoms with E-state index in [4.69, 9.17) is 0 Å². The van der Waals surface area contributed by atoms with Gasteiger partial charge in [0.25, 0.3) is 0 Å². The van der Waals surface area contributed by atoms with Crippen molar-refractivity contribution >= 4 is 23.0 Å². The zero-order valence-electron chi connectivity index (χ0n) is 12.0. The van der Waals surface area contributed by atoms with E-state index in [2.05, 4.69) is 24.8 Å². The van der Waals surface area contributed by atoms with Crippen LogP contribution in [0.2, 0.25) is 0 Å². The average molecular weight is 289 g/mol. The van der Waals surface area contributed by atoms with Gasteiger partial charge in [-0.05, 0) is 19.3 Å². The van der Waals surface area contributed by atoms with E-state index in [1.165, 1.54) is 6.33 Å². The minimum Gasteiger partial charge on any atom is -0.481 e. The number of nitrogens with zero attached hydrogens (tertiary/aromatic N) is 4. The highest BCUT2D eigenvalue weighted by molar-refractivity contribution is 5.83. The Morgan fingerprint density at radius 1 is 1.38 bits per heavy atom. The van der Waals surface area contributed by atoms with Crippen LogP contribution < -0.4 is 4.90 Å². The summed E-state index contributed by atoms with van der Waals surface area (Å²) in [7, 11) is 0. The number of imidazole rings is 1. The molecule has 2 aromatic heterocycles. The Morgan fingerprint density at radius 2 is 2.14 bits per heavy atom. The lowest BCUT2D eigenvalue weighted by molar-refractivity contribution is -0.150. The van der Waals surface area contributed by atoms with Gasteiger partial charge in [0.05, 0.1) is 11.7 Å². The van der Waals surface area contributed by atoms with E-state index in [1.54, 1.807) is 6.33 Å². The van der Waals surface area contributed by atoms with E-state index in [9.17, 15) is 9.90 Å². The molecule has 112 valence electrons. The van der Waals surface area contributed by atoms with Gasteiger partial charge in [0.1, 0.15) is 11.8 Å². The van der Waals surface area contributed by atoms with Crippen molar-refractivity contribution in [2.45, 2.75) is 32.6 Å². The van der Waals surface area contributed by atoms with Gasteiger partial charge in [-0.2, -0.15) is 0 Å². The van der Waals surface area contributed by atoms with Gasteiger partial charge < -0.3 is 15.0 Å². The lowest BCUT2D eigenvalue weighted by atomic mass is 9.75. The summed E-state index contributed by atoms with van der Waals surface area (Å²) in [5.41, 5.74) is 0.880. The third kappa shape index (κ3) is 2.32. The molecule has 0 aromatic carbocycles. The molecule has 3 rings (SSSR count). The summed E-state index contributed by atoms with van der Waals surface area (Å²) >= 11 is 0. The van der Waals surface area contributed by atoms with Crippen molar-refractivity contribution in [3.8, 4) is 0 Å². The van der Waals surface area contributed by atoms with Crippen molar-refractivity contribution in [3.05, 3.63) is 12.7 Å². The molecular formula is C14H19N5O2. The highest BCUT2D eigenvalue weighted by atomic mass is 16.4. The van der Waals surface area contributed by atoms with Crippen LogP contribution in [0.25, 0.3) is 11.2 Å². The quantitative estimate of drug-likeness (QED) is 0.891. The van der Waals surface area contributed by atoms with Crippen molar-refractivity contribution in [2.24, 2.45) is 5.41 Å². The first-order chi connectivity index (χ1) is 10.2. The first-order valence-electron chi connectivity index (χ1n) is 7.29. The van der Waals surface area contributed by atoms with Gasteiger partial charge >= 0.3 is 5.97 Å². The Labute approximate surface area is 122 Å². The van der Waals surface area contributed by atoms with Gasteiger partial charge in [-0.1, -0.05) is 13.3 Å². The molecule has 1 saturated heterocycles. The van der Waals surface area contributed by atoms with E-state index in [-0.39, 0.29) is 0 Å². The number of aromatic amines is 1. The van der Waals surface area contributed by atoms with Crippen LogP contribution in [0.15, 0.2) is 12.7 Å². The summed E-state index contributed by atoms with van der Waals surface area (Å²) in [5, 5.41) is 9.56. The number of carboxylic acids is 1. The number of hydrogen-bond acceptors (Lipinski definition) is 5. The molecule has 1 fully saturated rings. The maximum atomic E-state index is 11.6. The lowest BCUT2D eigenvalue weighted by Gasteiger charge is -2.39. The number of aliphatic carboxylic acids is 1. The van der Waals surface area contributed by atoms with Gasteiger partial charge in [-0.15, -0.1) is 0 Å². The lowest BCUT2D eigenvalue weighted by Crippen LogP contribution is -2.44. The fourth-order valence-corrected chi connectivity index (χ4v) is 3.19. The topological polar surface area (TPSA) is 95.0 Å². The second kappa shape index (κ2) is 5.31. The third-order valence-corrected chi connectivity index (χ3v) is 4.41. The van der Waals surface area contributed by atoms with Gasteiger partial charge in [0.15, 0.2) is 11.5 Å². The summed E-state index contributed by atoms with van der Waals surface area (Å²) in [4.78, 5) is 29.4. The summed E-state index contributed by atoms with van der Waals surface area (Å²) in [6.07, 6.45) is 6.03. The number of fused-ring (bicyclic) bond motifs is 1. The van der Waals surface area contributed by atoms with Crippen molar-refractivity contribution in [2.75, 3.05) is 18.0 Å². The van der Waals surface area contributed by atoms with E-state index < -0.39 is 11.4 Å². The largest absolute Gasteiger partial charge is 0.481 e. The molecule has 0 spiro atoms. The molecule has 0 unspecified atom stereocenters. The van der Waals surface area contributed by atoms with Crippen LogP contribution in [0, 0.1) is 5.41 Å². The molecule has 0 bridgehead atoms. The summed E-state index contributed by atoms with van der Waals surface area (Å²) in [6, 6.07) is 0. The minimum absolute atomic E-state index is 0.578. The van der Waals surface area contributed by atoms with Crippen LogP contribution >= 0.6 is 0 Å². The number of aromatic nitrogens is 4. The Kier molecular flexibility index (Phi) is 3.48. The number of piperidine rings is 1. The van der Waals surface area contributed by atoms with Crippen LogP contribution in [0.3, 0.4) is 0 Å². The van der Waals surface area contributed by atoms with Crippen molar-refractivity contribution < 1.29 is 9.90 Å². The van der Waals surface area contributed by atoms with Crippen LogP contribution in [0.1, 0.15) is 32.6 Å². The number of anilines is 1. The number of carboxylic acid groups (broad SMARTS) is 1. The molecule has 2 N–H and O–H groups in total. The van der Waals surface area contributed by atoms with E-state index in [0.717, 1.165) is 24.2 Å². The van der Waals surface area contributed by atoms with Crippen molar-refractivity contribution in [3.63, 3.8) is 0 Å². The molecule has 0 atom stereocenters. The normalized spacial score (nSPS) is 18.0. The van der Waals surface area contributed by atoms with Crippen LogP contribution in [-0.4, -0.2) is 44.1 Å². The monoisotopic (exact) mass is 289 g/mol. The average Bonchev–Trinajstić information content (AvgIpc) is 2.96. The van der Waals surface area contributed by atoms with Gasteiger partial charge in [0.2, 0.25) is 0 Å². The molecule has 7 nitrogen and oxygen atoms in total. The highest BCUT2D eigenvalue weighted by Gasteiger charge is 2.41. The highest BCUT2D eigenvalue weighted by Crippen LogP contribution is 2.38. The minimum atomic E-state index is -0.668. The fourth-order valence-electron chi connectivity index (χ4n) is 3.19. The number of nitrogens with one attached hydrogen (secondary N) is 1. The first kappa shape index (κ1) is 13.8. The second-order valence-electron chi connectivity index (χ2n) is 5.62. The van der Waals surface area contributed by atoms with Crippen LogP contribution in [0.5, 0.6) is 0 Å². The van der Waals surface area contributed by atoms with Gasteiger partial charge in [-0.3, -0.25) is 4.79 Å². The summed E-state index contributed by atoms with van der Waals surface area (Å²) < 4.78 is 0. The predicted octanol–water partition coefficient (Wildman–Crippen LogP) is 1.82. The Balaban J connectivity index is 1.82. The smallest absolute Gasteiger partial charge is 0.309 e. The molecule has 3 heterocycles. The Hall–Kier alpha value is -2.18. The molecule has 2 aromatic rings. The maximum Gasteiger partial charge on any atom is 0.309 e. The van der Waals surface area contributed by atoms with E-state index >= 15 is 0 Å². The van der Waals surface area contributed by atoms with Crippen molar-refractivity contribution in [1.29, 1.82) is 0 Å². The SMILES string of the molecule is CCCC1(C(=O)O)CCN(c2ncnc3nc[nH]c23)CC1. The third-order valence-electron chi connectivity index (χ3n) is 4.41. The molecular weight excluding hydrogens is 270 g/mol. The molecule has 0 aliphatic carbocycles. The fraction of sp³-hybridized carbons (Fsp3) is 0.571. The summed E-state index contributed by atoms with van der Waals surface area (Å²) in [5.74, 6) is 0.145. The zero-order valence-corrected chi connectivity index (χ0v) is 12.0. The molecule has 0 radical (unpaired) electrons. The molecule has 0 amide bonds. The predicted molar refractivity (Wildman–Crippen MR) is 78.1 cm³/mol. The molecule has 0 saturated carbocycles. The van der Waals surface area contributed by atoms with Gasteiger partial charge in [0, 0.05) is 13.1 Å². The number of rotatable bonds is 4. The molecule has 1 aliphatic rings. The number of hydrogen-bond donors (Lipinski definition) is 2. The molecule has 21 heavy (non-hydrogen) atoms. The van der Waals surface area contributed by atoms with Gasteiger partial charge in [-0.25, -0.2) is 15.0 Å².